The molecule has 0 saturated carbocycles. The van der Waals surface area contributed by atoms with E-state index in [1.807, 2.05) is 45.9 Å². The first kappa shape index (κ1) is 18.5. The van der Waals surface area contributed by atoms with E-state index in [0.717, 1.165) is 22.5 Å². The van der Waals surface area contributed by atoms with Gasteiger partial charge in [-0.3, -0.25) is 4.79 Å². The molecule has 0 radical (unpaired) electrons. The number of hydrogen-bond acceptors (Lipinski definition) is 5. The predicted octanol–water partition coefficient (Wildman–Crippen LogP) is 3.01. The van der Waals surface area contributed by atoms with Crippen LogP contribution in [0.15, 0.2) is 24.5 Å². The summed E-state index contributed by atoms with van der Waals surface area (Å²) in [6, 6.07) is 8.00. The number of aryl methyl sites for hydroxylation is 4. The first-order chi connectivity index (χ1) is 12.9. The van der Waals surface area contributed by atoms with Crippen molar-refractivity contribution in [2.75, 3.05) is 11.4 Å². The maximum absolute atomic E-state index is 13.1. The molecule has 7 nitrogen and oxygen atoms in total. The van der Waals surface area contributed by atoms with Crippen LogP contribution < -0.4 is 4.90 Å². The van der Waals surface area contributed by atoms with Gasteiger partial charge in [0, 0.05) is 12.2 Å². The minimum Gasteiger partial charge on any atom is -0.310 e. The maximum atomic E-state index is 13.1. The second-order valence-corrected chi connectivity index (χ2v) is 6.62. The van der Waals surface area contributed by atoms with Crippen LogP contribution in [0.1, 0.15) is 29.1 Å². The molecule has 1 aromatic carbocycles. The van der Waals surface area contributed by atoms with Gasteiger partial charge in [-0.05, 0) is 51.0 Å². The zero-order chi connectivity index (χ0) is 19.6. The smallest absolute Gasteiger partial charge is 0.247 e. The van der Waals surface area contributed by atoms with E-state index in [4.69, 9.17) is 5.26 Å². The normalized spacial score (nSPS) is 10.8. The lowest BCUT2D eigenvalue weighted by Crippen LogP contribution is -2.34. The van der Waals surface area contributed by atoms with E-state index in [-0.39, 0.29) is 18.9 Å². The Morgan fingerprint density at radius 3 is 2.67 bits per heavy atom. The third-order valence-corrected chi connectivity index (χ3v) is 4.61. The van der Waals surface area contributed by atoms with Crippen molar-refractivity contribution < 1.29 is 4.79 Å². The van der Waals surface area contributed by atoms with Crippen molar-refractivity contribution in [3.05, 3.63) is 47.2 Å². The van der Waals surface area contributed by atoms with E-state index in [1.54, 1.807) is 15.8 Å². The molecule has 138 valence electrons. The largest absolute Gasteiger partial charge is 0.310 e. The summed E-state index contributed by atoms with van der Waals surface area (Å²) in [5.74, 6) is 0.534. The van der Waals surface area contributed by atoms with Crippen LogP contribution in [0.25, 0.3) is 11.2 Å². The quantitative estimate of drug-likeness (QED) is 0.696. The summed E-state index contributed by atoms with van der Waals surface area (Å²) in [5.41, 5.74) is 5.20. The highest BCUT2D eigenvalue weighted by atomic mass is 16.2. The van der Waals surface area contributed by atoms with E-state index in [1.165, 1.54) is 0 Å². The Labute approximate surface area is 158 Å². The van der Waals surface area contributed by atoms with E-state index in [0.29, 0.717) is 23.5 Å². The zero-order valence-electron chi connectivity index (χ0n) is 16.0. The standard InChI is InChI=1S/C20H22N6O/c1-13-6-7-17(10-14(13)2)26(9-5-8-21)18(27)11-25-12-22-19-15(3)23-16(4)24-20(19)25/h6-7,10,12H,5,9,11H2,1-4H3. The molecule has 2 aromatic heterocycles. The molecule has 0 unspecified atom stereocenters. The summed E-state index contributed by atoms with van der Waals surface area (Å²) in [6.07, 6.45) is 1.89. The molecule has 0 aliphatic carbocycles. The van der Waals surface area contributed by atoms with E-state index < -0.39 is 0 Å². The van der Waals surface area contributed by atoms with Gasteiger partial charge in [0.05, 0.1) is 24.5 Å². The number of aromatic nitrogens is 4. The number of hydrogen-bond donors (Lipinski definition) is 0. The fraction of sp³-hybridized carbons (Fsp3) is 0.350. The molecule has 0 bridgehead atoms. The molecular formula is C20H22N6O. The number of benzene rings is 1. The van der Waals surface area contributed by atoms with E-state index >= 15 is 0 Å². The fourth-order valence-electron chi connectivity index (χ4n) is 3.02. The number of fused-ring (bicyclic) bond motifs is 1. The van der Waals surface area contributed by atoms with Crippen LogP contribution in [-0.4, -0.2) is 32.0 Å². The number of carbonyl (C=O) groups is 1. The predicted molar refractivity (Wildman–Crippen MR) is 103 cm³/mol. The van der Waals surface area contributed by atoms with E-state index in [9.17, 15) is 4.79 Å². The van der Waals surface area contributed by atoms with Crippen molar-refractivity contribution in [2.45, 2.75) is 40.7 Å². The minimum atomic E-state index is -0.110. The van der Waals surface area contributed by atoms with Crippen LogP contribution >= 0.6 is 0 Å². The second kappa shape index (κ2) is 7.54. The van der Waals surface area contributed by atoms with Crippen LogP contribution in [0, 0.1) is 39.0 Å². The number of amides is 1. The highest BCUT2D eigenvalue weighted by molar-refractivity contribution is 5.94. The Balaban J connectivity index is 1.93. The molecule has 3 rings (SSSR count). The van der Waals surface area contributed by atoms with Gasteiger partial charge in [-0.25, -0.2) is 15.0 Å². The molecule has 0 N–H and O–H groups in total. The number of nitriles is 1. The summed E-state index contributed by atoms with van der Waals surface area (Å²) in [6.45, 7) is 8.19. The molecule has 0 fully saturated rings. The molecule has 27 heavy (non-hydrogen) atoms. The summed E-state index contributed by atoms with van der Waals surface area (Å²) >= 11 is 0. The fourth-order valence-corrected chi connectivity index (χ4v) is 3.02. The van der Waals surface area contributed by atoms with Crippen molar-refractivity contribution in [3.63, 3.8) is 0 Å². The number of anilines is 1. The first-order valence-electron chi connectivity index (χ1n) is 8.81. The summed E-state index contributed by atoms with van der Waals surface area (Å²) in [7, 11) is 0. The third kappa shape index (κ3) is 3.80. The average molecular weight is 362 g/mol. The minimum absolute atomic E-state index is 0.102. The monoisotopic (exact) mass is 362 g/mol. The number of carbonyl (C=O) groups excluding carboxylic acids is 1. The number of nitrogens with zero attached hydrogens (tertiary/aromatic N) is 6. The van der Waals surface area contributed by atoms with Crippen LogP contribution in [0.5, 0.6) is 0 Å². The Kier molecular flexibility index (Phi) is 5.17. The van der Waals surface area contributed by atoms with Gasteiger partial charge in [0.1, 0.15) is 17.9 Å². The Bertz CT molecular complexity index is 1050. The van der Waals surface area contributed by atoms with Crippen LogP contribution in [0.2, 0.25) is 0 Å². The lowest BCUT2D eigenvalue weighted by molar-refractivity contribution is -0.119. The second-order valence-electron chi connectivity index (χ2n) is 6.62. The van der Waals surface area contributed by atoms with Crippen LogP contribution in [0.3, 0.4) is 0 Å². The van der Waals surface area contributed by atoms with Gasteiger partial charge >= 0.3 is 0 Å². The summed E-state index contributed by atoms with van der Waals surface area (Å²) < 4.78 is 1.74. The SMILES string of the molecule is Cc1nc(C)c2ncn(CC(=O)N(CCC#N)c3ccc(C)c(C)c3)c2n1. The molecule has 1 amide bonds. The zero-order valence-corrected chi connectivity index (χ0v) is 16.0. The van der Waals surface area contributed by atoms with Crippen molar-refractivity contribution >= 4 is 22.8 Å². The van der Waals surface area contributed by atoms with Crippen LogP contribution in [-0.2, 0) is 11.3 Å². The topological polar surface area (TPSA) is 87.7 Å². The Hall–Kier alpha value is -3.27. The van der Waals surface area contributed by atoms with Crippen molar-refractivity contribution in [3.8, 4) is 6.07 Å². The third-order valence-electron chi connectivity index (χ3n) is 4.61. The average Bonchev–Trinajstić information content (AvgIpc) is 3.01. The molecule has 0 aliphatic rings. The van der Waals surface area contributed by atoms with Gasteiger partial charge in [-0.1, -0.05) is 6.07 Å². The highest BCUT2D eigenvalue weighted by Gasteiger charge is 2.19. The van der Waals surface area contributed by atoms with Gasteiger partial charge in [-0.15, -0.1) is 0 Å². The van der Waals surface area contributed by atoms with E-state index in [2.05, 4.69) is 21.0 Å². The summed E-state index contributed by atoms with van der Waals surface area (Å²) in [5, 5.41) is 8.98. The number of imidazole rings is 1. The number of rotatable bonds is 5. The maximum Gasteiger partial charge on any atom is 0.247 e. The molecule has 0 aliphatic heterocycles. The van der Waals surface area contributed by atoms with Gasteiger partial charge in [0.25, 0.3) is 0 Å². The van der Waals surface area contributed by atoms with Gasteiger partial charge < -0.3 is 9.47 Å². The lowest BCUT2D eigenvalue weighted by atomic mass is 10.1. The molecular weight excluding hydrogens is 340 g/mol. The Morgan fingerprint density at radius 1 is 1.19 bits per heavy atom. The van der Waals surface area contributed by atoms with Crippen molar-refractivity contribution in [1.29, 1.82) is 5.26 Å². The van der Waals surface area contributed by atoms with Gasteiger partial charge in [-0.2, -0.15) is 5.26 Å². The summed E-state index contributed by atoms with van der Waals surface area (Å²) in [4.78, 5) is 27.8. The highest BCUT2D eigenvalue weighted by Crippen LogP contribution is 2.21. The molecule has 2 heterocycles. The molecule has 0 saturated heterocycles. The van der Waals surface area contributed by atoms with Crippen molar-refractivity contribution in [1.82, 2.24) is 19.5 Å². The van der Waals surface area contributed by atoms with Gasteiger partial charge in [0.2, 0.25) is 5.91 Å². The molecule has 7 heteroatoms. The first-order valence-corrected chi connectivity index (χ1v) is 8.81. The molecule has 0 atom stereocenters. The van der Waals surface area contributed by atoms with Crippen LogP contribution in [0.4, 0.5) is 5.69 Å². The van der Waals surface area contributed by atoms with Crippen molar-refractivity contribution in [2.24, 2.45) is 0 Å². The molecule has 3 aromatic rings. The molecule has 0 spiro atoms. The Morgan fingerprint density at radius 2 is 1.96 bits per heavy atom. The lowest BCUT2D eigenvalue weighted by Gasteiger charge is -2.23. The van der Waals surface area contributed by atoms with Gasteiger partial charge in [0.15, 0.2) is 5.65 Å².